The maximum atomic E-state index is 13.4. The van der Waals surface area contributed by atoms with Crippen LogP contribution in [0.2, 0.25) is 0 Å². The number of hydrogen-bond acceptors (Lipinski definition) is 2. The fraction of sp³-hybridized carbons (Fsp3) is 0.429. The van der Waals surface area contributed by atoms with Crippen LogP contribution < -0.4 is 10.2 Å². The van der Waals surface area contributed by atoms with E-state index in [1.54, 1.807) is 7.05 Å². The van der Waals surface area contributed by atoms with Gasteiger partial charge in [-0.15, -0.1) is 0 Å². The third-order valence-corrected chi connectivity index (χ3v) is 4.65. The Balaban J connectivity index is 2.57. The molecule has 1 aliphatic heterocycles. The average Bonchev–Trinajstić information content (AvgIpc) is 2.80. The van der Waals surface area contributed by atoms with Crippen molar-refractivity contribution in [3.63, 3.8) is 0 Å². The standard InChI is InChI=1S/C21H28N2O2/c1-15(2)10-12-21(14-19(24)22-5)17-8-6-7-9-18(17)23(20(21)25)13-11-16(3)4/h6-11H,12-14H2,1-5H3,(H,22,24)/t21-/m0/s1. The minimum atomic E-state index is -0.830. The Morgan fingerprint density at radius 3 is 2.36 bits per heavy atom. The highest BCUT2D eigenvalue weighted by molar-refractivity contribution is 6.10. The van der Waals surface area contributed by atoms with Crippen molar-refractivity contribution in [1.29, 1.82) is 0 Å². The minimum absolute atomic E-state index is 0.00676. The van der Waals surface area contributed by atoms with E-state index >= 15 is 0 Å². The molecule has 0 unspecified atom stereocenters. The van der Waals surface area contributed by atoms with Gasteiger partial charge in [0.05, 0.1) is 5.41 Å². The summed E-state index contributed by atoms with van der Waals surface area (Å²) >= 11 is 0. The van der Waals surface area contributed by atoms with E-state index in [1.807, 2.05) is 62.9 Å². The van der Waals surface area contributed by atoms with Crippen LogP contribution in [0.5, 0.6) is 0 Å². The molecule has 0 spiro atoms. The first kappa shape index (κ1) is 19.0. The Morgan fingerprint density at radius 1 is 1.12 bits per heavy atom. The van der Waals surface area contributed by atoms with Crippen molar-refractivity contribution in [1.82, 2.24) is 5.32 Å². The number of nitrogens with one attached hydrogen (secondary N) is 1. The molecule has 1 N–H and O–H groups in total. The predicted molar refractivity (Wildman–Crippen MR) is 103 cm³/mol. The van der Waals surface area contributed by atoms with Crippen LogP contribution in [0.4, 0.5) is 5.69 Å². The Labute approximate surface area is 150 Å². The largest absolute Gasteiger partial charge is 0.359 e. The fourth-order valence-corrected chi connectivity index (χ4v) is 3.23. The smallest absolute Gasteiger partial charge is 0.238 e. The Morgan fingerprint density at radius 2 is 1.76 bits per heavy atom. The molecule has 1 aliphatic rings. The number of rotatable bonds is 6. The molecule has 1 aromatic rings. The van der Waals surface area contributed by atoms with E-state index in [0.717, 1.165) is 16.8 Å². The van der Waals surface area contributed by atoms with Crippen molar-refractivity contribution in [2.75, 3.05) is 18.5 Å². The molecule has 0 saturated heterocycles. The van der Waals surface area contributed by atoms with Gasteiger partial charge in [0.2, 0.25) is 11.8 Å². The number of benzene rings is 1. The molecule has 4 heteroatoms. The van der Waals surface area contributed by atoms with Gasteiger partial charge in [0, 0.05) is 25.7 Å². The number of carbonyl (C=O) groups is 2. The van der Waals surface area contributed by atoms with Crippen LogP contribution in [0.1, 0.15) is 46.1 Å². The molecule has 0 bridgehead atoms. The molecule has 0 aliphatic carbocycles. The van der Waals surface area contributed by atoms with Crippen LogP contribution in [0.3, 0.4) is 0 Å². The summed E-state index contributed by atoms with van der Waals surface area (Å²) in [7, 11) is 1.61. The first-order valence-corrected chi connectivity index (χ1v) is 8.70. The quantitative estimate of drug-likeness (QED) is 0.802. The lowest BCUT2D eigenvalue weighted by atomic mass is 9.75. The highest BCUT2D eigenvalue weighted by Gasteiger charge is 2.50. The fourth-order valence-electron chi connectivity index (χ4n) is 3.23. The van der Waals surface area contributed by atoms with Crippen molar-refractivity contribution < 1.29 is 9.59 Å². The van der Waals surface area contributed by atoms with Crippen molar-refractivity contribution in [3.05, 3.63) is 53.1 Å². The molecule has 4 nitrogen and oxygen atoms in total. The average molecular weight is 340 g/mol. The topological polar surface area (TPSA) is 49.4 Å². The highest BCUT2D eigenvalue weighted by Crippen LogP contribution is 2.46. The van der Waals surface area contributed by atoms with Crippen LogP contribution in [0.15, 0.2) is 47.6 Å². The number of carbonyl (C=O) groups excluding carboxylic acids is 2. The van der Waals surface area contributed by atoms with Gasteiger partial charge in [-0.25, -0.2) is 0 Å². The van der Waals surface area contributed by atoms with Crippen molar-refractivity contribution >= 4 is 17.5 Å². The molecule has 1 heterocycles. The van der Waals surface area contributed by atoms with E-state index in [-0.39, 0.29) is 18.2 Å². The lowest BCUT2D eigenvalue weighted by Gasteiger charge is -2.27. The number of fused-ring (bicyclic) bond motifs is 1. The van der Waals surface area contributed by atoms with Gasteiger partial charge in [0.1, 0.15) is 0 Å². The molecular weight excluding hydrogens is 312 g/mol. The number of anilines is 1. The maximum Gasteiger partial charge on any atom is 0.238 e. The molecule has 0 radical (unpaired) electrons. The van der Waals surface area contributed by atoms with Gasteiger partial charge in [0.15, 0.2) is 0 Å². The Kier molecular flexibility index (Phi) is 5.83. The summed E-state index contributed by atoms with van der Waals surface area (Å²) in [5.41, 5.74) is 3.34. The van der Waals surface area contributed by atoms with E-state index in [4.69, 9.17) is 0 Å². The third kappa shape index (κ3) is 3.84. The summed E-state index contributed by atoms with van der Waals surface area (Å²) in [5.74, 6) is -0.110. The van der Waals surface area contributed by atoms with Crippen LogP contribution in [0.25, 0.3) is 0 Å². The summed E-state index contributed by atoms with van der Waals surface area (Å²) in [4.78, 5) is 27.5. The zero-order valence-corrected chi connectivity index (χ0v) is 15.8. The van der Waals surface area contributed by atoms with Crippen LogP contribution >= 0.6 is 0 Å². The molecule has 0 aromatic heterocycles. The van der Waals surface area contributed by atoms with Gasteiger partial charge in [-0.3, -0.25) is 9.59 Å². The SMILES string of the molecule is CNC(=O)C[C@]1(CC=C(C)C)C(=O)N(CC=C(C)C)c2ccccc21. The van der Waals surface area contributed by atoms with E-state index in [2.05, 4.69) is 11.4 Å². The number of hydrogen-bond donors (Lipinski definition) is 1. The summed E-state index contributed by atoms with van der Waals surface area (Å²) in [5, 5.41) is 2.68. The Hall–Kier alpha value is -2.36. The van der Waals surface area contributed by atoms with Crippen molar-refractivity contribution in [3.8, 4) is 0 Å². The molecule has 0 saturated carbocycles. The molecule has 2 rings (SSSR count). The third-order valence-electron chi connectivity index (χ3n) is 4.65. The molecule has 2 amide bonds. The Bertz CT molecular complexity index is 725. The van der Waals surface area contributed by atoms with Gasteiger partial charge in [-0.2, -0.15) is 0 Å². The second kappa shape index (κ2) is 7.68. The van der Waals surface area contributed by atoms with Crippen molar-refractivity contribution in [2.24, 2.45) is 0 Å². The monoisotopic (exact) mass is 340 g/mol. The molecule has 134 valence electrons. The second-order valence-electron chi connectivity index (χ2n) is 7.13. The normalized spacial score (nSPS) is 18.6. The van der Waals surface area contributed by atoms with E-state index in [1.165, 1.54) is 5.57 Å². The minimum Gasteiger partial charge on any atom is -0.359 e. The lowest BCUT2D eigenvalue weighted by Crippen LogP contribution is -2.43. The summed E-state index contributed by atoms with van der Waals surface area (Å²) in [6.07, 6.45) is 4.80. The van der Waals surface area contributed by atoms with Gasteiger partial charge in [0.25, 0.3) is 0 Å². The molecule has 1 atom stereocenters. The predicted octanol–water partition coefficient (Wildman–Crippen LogP) is 3.73. The van der Waals surface area contributed by atoms with Gasteiger partial charge in [-0.05, 0) is 45.7 Å². The van der Waals surface area contributed by atoms with Crippen LogP contribution in [-0.4, -0.2) is 25.4 Å². The van der Waals surface area contributed by atoms with Crippen molar-refractivity contribution in [2.45, 2.75) is 46.0 Å². The molecule has 1 aromatic carbocycles. The number of allylic oxidation sites excluding steroid dienone is 3. The zero-order chi connectivity index (χ0) is 18.6. The number of nitrogens with zero attached hydrogens (tertiary/aromatic N) is 1. The first-order chi connectivity index (χ1) is 11.8. The van der Waals surface area contributed by atoms with Crippen LogP contribution in [0, 0.1) is 0 Å². The van der Waals surface area contributed by atoms with Gasteiger partial charge < -0.3 is 10.2 Å². The van der Waals surface area contributed by atoms with Gasteiger partial charge in [-0.1, -0.05) is 41.5 Å². The highest BCUT2D eigenvalue weighted by atomic mass is 16.2. The summed E-state index contributed by atoms with van der Waals surface area (Å²) in [6, 6.07) is 7.84. The zero-order valence-electron chi connectivity index (χ0n) is 15.8. The molecular formula is C21H28N2O2. The van der Waals surface area contributed by atoms with E-state index in [0.29, 0.717) is 13.0 Å². The lowest BCUT2D eigenvalue weighted by molar-refractivity contribution is -0.129. The molecule has 25 heavy (non-hydrogen) atoms. The molecule has 0 fully saturated rings. The van der Waals surface area contributed by atoms with E-state index < -0.39 is 5.41 Å². The van der Waals surface area contributed by atoms with Gasteiger partial charge >= 0.3 is 0 Å². The van der Waals surface area contributed by atoms with Crippen LogP contribution in [-0.2, 0) is 15.0 Å². The number of amides is 2. The second-order valence-corrected chi connectivity index (χ2v) is 7.13. The number of para-hydroxylation sites is 1. The van der Waals surface area contributed by atoms with E-state index in [9.17, 15) is 9.59 Å². The summed E-state index contributed by atoms with van der Waals surface area (Å²) in [6.45, 7) is 8.60. The first-order valence-electron chi connectivity index (χ1n) is 8.70. The summed E-state index contributed by atoms with van der Waals surface area (Å²) < 4.78 is 0. The maximum absolute atomic E-state index is 13.4.